The maximum atomic E-state index is 11.3. The van der Waals surface area contributed by atoms with E-state index in [-0.39, 0.29) is 5.69 Å². The summed E-state index contributed by atoms with van der Waals surface area (Å²) < 4.78 is 1.52. The van der Waals surface area contributed by atoms with E-state index >= 15 is 0 Å². The van der Waals surface area contributed by atoms with E-state index in [9.17, 15) is 9.90 Å². The van der Waals surface area contributed by atoms with Crippen LogP contribution in [0.1, 0.15) is 21.7 Å². The lowest BCUT2D eigenvalue weighted by molar-refractivity contribution is 0.0688. The number of aromatic carboxylic acids is 1. The molecule has 20 heavy (non-hydrogen) atoms. The Bertz CT molecular complexity index is 821. The molecule has 3 rings (SSSR count). The summed E-state index contributed by atoms with van der Waals surface area (Å²) >= 11 is 0. The van der Waals surface area contributed by atoms with Crippen molar-refractivity contribution in [2.45, 2.75) is 13.8 Å². The highest BCUT2D eigenvalue weighted by Gasteiger charge is 2.18. The molecule has 0 aliphatic rings. The minimum Gasteiger partial charge on any atom is -0.477 e. The van der Waals surface area contributed by atoms with Crippen molar-refractivity contribution in [1.82, 2.24) is 14.4 Å². The van der Waals surface area contributed by atoms with Gasteiger partial charge in [0.2, 0.25) is 0 Å². The molecule has 0 atom stereocenters. The molecule has 0 aliphatic carbocycles. The number of benzene rings is 1. The Morgan fingerprint density at radius 2 is 2.10 bits per heavy atom. The third-order valence-corrected chi connectivity index (χ3v) is 3.24. The van der Waals surface area contributed by atoms with Crippen LogP contribution in [0.15, 0.2) is 36.8 Å². The third-order valence-electron chi connectivity index (χ3n) is 3.24. The van der Waals surface area contributed by atoms with Gasteiger partial charge < -0.3 is 5.11 Å². The van der Waals surface area contributed by atoms with Gasteiger partial charge in [0.25, 0.3) is 0 Å². The quantitative estimate of drug-likeness (QED) is 0.775. The molecule has 1 aromatic carbocycles. The summed E-state index contributed by atoms with van der Waals surface area (Å²) in [5.41, 5.74) is 4.19. The normalized spacial score (nSPS) is 10.9. The summed E-state index contributed by atoms with van der Waals surface area (Å²) in [5, 5.41) is 9.27. The molecule has 0 aliphatic heterocycles. The molecule has 0 saturated carbocycles. The zero-order chi connectivity index (χ0) is 14.3. The van der Waals surface area contributed by atoms with Crippen LogP contribution in [0.25, 0.3) is 16.8 Å². The van der Waals surface area contributed by atoms with Crippen LogP contribution in [0, 0.1) is 13.8 Å². The first-order chi connectivity index (χ1) is 9.58. The van der Waals surface area contributed by atoms with Crippen molar-refractivity contribution in [1.29, 1.82) is 0 Å². The number of carbonyl (C=O) groups is 1. The van der Waals surface area contributed by atoms with Crippen molar-refractivity contribution in [2.24, 2.45) is 0 Å². The van der Waals surface area contributed by atoms with E-state index in [4.69, 9.17) is 0 Å². The Morgan fingerprint density at radius 3 is 2.80 bits per heavy atom. The largest absolute Gasteiger partial charge is 0.477 e. The van der Waals surface area contributed by atoms with Gasteiger partial charge in [0.1, 0.15) is 12.0 Å². The molecule has 1 N–H and O–H groups in total. The molecule has 100 valence electrons. The zero-order valence-corrected chi connectivity index (χ0v) is 11.2. The van der Waals surface area contributed by atoms with Gasteiger partial charge in [-0.3, -0.25) is 4.40 Å². The lowest BCUT2D eigenvalue weighted by Gasteiger charge is -2.04. The van der Waals surface area contributed by atoms with Gasteiger partial charge in [-0.2, -0.15) is 0 Å². The second kappa shape index (κ2) is 4.45. The first-order valence-electron chi connectivity index (χ1n) is 6.21. The second-order valence-corrected chi connectivity index (χ2v) is 4.72. The number of nitrogens with zero attached hydrogens (tertiary/aromatic N) is 3. The molecule has 2 aromatic heterocycles. The Morgan fingerprint density at radius 1 is 1.30 bits per heavy atom. The van der Waals surface area contributed by atoms with Crippen molar-refractivity contribution >= 4 is 11.6 Å². The smallest absolute Gasteiger partial charge is 0.354 e. The van der Waals surface area contributed by atoms with Crippen LogP contribution < -0.4 is 0 Å². The molecule has 0 spiro atoms. The van der Waals surface area contributed by atoms with Gasteiger partial charge in [-0.1, -0.05) is 29.8 Å². The number of fused-ring (bicyclic) bond motifs is 1. The highest BCUT2D eigenvalue weighted by atomic mass is 16.4. The number of aromatic nitrogens is 3. The van der Waals surface area contributed by atoms with E-state index in [0.717, 1.165) is 16.7 Å². The molecule has 0 radical (unpaired) electrons. The summed E-state index contributed by atoms with van der Waals surface area (Å²) in [6, 6.07) is 7.97. The first-order valence-corrected chi connectivity index (χ1v) is 6.21. The first kappa shape index (κ1) is 12.3. The molecule has 0 fully saturated rings. The van der Waals surface area contributed by atoms with Crippen LogP contribution in [0.5, 0.6) is 0 Å². The number of imidazole rings is 1. The van der Waals surface area contributed by atoms with Gasteiger partial charge in [-0.05, 0) is 19.4 Å². The number of rotatable bonds is 2. The van der Waals surface area contributed by atoms with Crippen molar-refractivity contribution in [2.75, 3.05) is 0 Å². The fraction of sp³-hybridized carbons (Fsp3) is 0.133. The Kier molecular flexibility index (Phi) is 2.75. The molecular weight excluding hydrogens is 254 g/mol. The van der Waals surface area contributed by atoms with Crippen LogP contribution in [-0.2, 0) is 0 Å². The number of carboxylic acids is 1. The number of carboxylic acid groups (broad SMARTS) is 1. The van der Waals surface area contributed by atoms with Crippen molar-refractivity contribution in [3.63, 3.8) is 0 Å². The lowest BCUT2D eigenvalue weighted by atomic mass is 10.1. The summed E-state index contributed by atoms with van der Waals surface area (Å²) in [6.45, 7) is 3.70. The number of hydrogen-bond acceptors (Lipinski definition) is 3. The summed E-state index contributed by atoms with van der Waals surface area (Å²) in [6.07, 6.45) is 3.19. The fourth-order valence-electron chi connectivity index (χ4n) is 2.35. The van der Waals surface area contributed by atoms with Crippen LogP contribution in [0.2, 0.25) is 0 Å². The maximum absolute atomic E-state index is 11.3. The Labute approximate surface area is 115 Å². The van der Waals surface area contributed by atoms with Gasteiger partial charge in [0.15, 0.2) is 5.69 Å². The van der Waals surface area contributed by atoms with Crippen molar-refractivity contribution in [3.8, 4) is 11.1 Å². The average molecular weight is 267 g/mol. The fourth-order valence-corrected chi connectivity index (χ4v) is 2.35. The minimum absolute atomic E-state index is 0.155. The molecular formula is C15H13N3O2. The zero-order valence-electron chi connectivity index (χ0n) is 11.2. The highest BCUT2D eigenvalue weighted by Crippen LogP contribution is 2.25. The van der Waals surface area contributed by atoms with E-state index in [1.807, 2.05) is 31.2 Å². The van der Waals surface area contributed by atoms with Gasteiger partial charge in [0.05, 0.1) is 5.69 Å². The Balaban J connectivity index is 2.33. The van der Waals surface area contributed by atoms with Crippen LogP contribution in [-0.4, -0.2) is 25.4 Å². The molecule has 0 saturated heterocycles. The molecule has 5 nitrogen and oxygen atoms in total. The topological polar surface area (TPSA) is 67.5 Å². The van der Waals surface area contributed by atoms with Gasteiger partial charge in [-0.25, -0.2) is 14.8 Å². The van der Waals surface area contributed by atoms with Crippen LogP contribution >= 0.6 is 0 Å². The molecule has 0 amide bonds. The van der Waals surface area contributed by atoms with Crippen molar-refractivity contribution in [3.05, 3.63) is 53.7 Å². The molecule has 0 bridgehead atoms. The second-order valence-electron chi connectivity index (χ2n) is 4.72. The number of hydrogen-bond donors (Lipinski definition) is 1. The molecule has 2 heterocycles. The van der Waals surface area contributed by atoms with Crippen molar-refractivity contribution < 1.29 is 9.90 Å². The van der Waals surface area contributed by atoms with Gasteiger partial charge >= 0.3 is 5.97 Å². The van der Waals surface area contributed by atoms with E-state index in [2.05, 4.69) is 9.97 Å². The SMILES string of the molecule is Cc1cccc(-c2cncn3c(C(=O)O)c(C)nc23)c1. The van der Waals surface area contributed by atoms with E-state index < -0.39 is 5.97 Å². The summed E-state index contributed by atoms with van der Waals surface area (Å²) in [4.78, 5) is 19.8. The van der Waals surface area contributed by atoms with Crippen LogP contribution in [0.3, 0.4) is 0 Å². The third kappa shape index (κ3) is 1.84. The minimum atomic E-state index is -1.00. The lowest BCUT2D eigenvalue weighted by Crippen LogP contribution is -2.04. The molecule has 0 unspecified atom stereocenters. The molecule has 3 aromatic rings. The highest BCUT2D eigenvalue weighted by molar-refractivity contribution is 5.90. The molecule has 5 heteroatoms. The number of aryl methyl sites for hydroxylation is 2. The van der Waals surface area contributed by atoms with E-state index in [1.54, 1.807) is 13.1 Å². The van der Waals surface area contributed by atoms with Gasteiger partial charge in [0, 0.05) is 11.8 Å². The average Bonchev–Trinajstić information content (AvgIpc) is 2.74. The predicted molar refractivity (Wildman–Crippen MR) is 74.9 cm³/mol. The van der Waals surface area contributed by atoms with Crippen LogP contribution in [0.4, 0.5) is 0 Å². The van der Waals surface area contributed by atoms with Gasteiger partial charge in [-0.15, -0.1) is 0 Å². The Hall–Kier alpha value is -2.69. The van der Waals surface area contributed by atoms with E-state index in [0.29, 0.717) is 11.3 Å². The summed E-state index contributed by atoms with van der Waals surface area (Å²) in [5.74, 6) is -1.00. The standard InChI is InChI=1S/C15H13N3O2/c1-9-4-3-5-11(6-9)12-7-16-8-18-13(15(19)20)10(2)17-14(12)18/h3-8H,1-2H3,(H,19,20). The maximum Gasteiger partial charge on any atom is 0.354 e. The summed E-state index contributed by atoms with van der Waals surface area (Å²) in [7, 11) is 0. The van der Waals surface area contributed by atoms with E-state index in [1.165, 1.54) is 10.7 Å². The predicted octanol–water partition coefficient (Wildman–Crippen LogP) is 2.71. The monoisotopic (exact) mass is 267 g/mol.